The standard InChI is InChI=1S/C13H26N2O/c1-9(2)12(8-14)13(16)15-10(3)6-5-7-11(15)4/h9-12H,5-8,14H2,1-4H3. The minimum atomic E-state index is -0.0111. The Morgan fingerprint density at radius 1 is 1.31 bits per heavy atom. The van der Waals surface area contributed by atoms with Gasteiger partial charge in [-0.25, -0.2) is 0 Å². The van der Waals surface area contributed by atoms with Gasteiger partial charge in [-0.2, -0.15) is 0 Å². The molecule has 2 N–H and O–H groups in total. The summed E-state index contributed by atoms with van der Waals surface area (Å²) in [6.45, 7) is 8.93. The van der Waals surface area contributed by atoms with E-state index in [2.05, 4.69) is 32.6 Å². The van der Waals surface area contributed by atoms with Crippen LogP contribution in [0.25, 0.3) is 0 Å². The maximum Gasteiger partial charge on any atom is 0.227 e. The topological polar surface area (TPSA) is 46.3 Å². The monoisotopic (exact) mass is 226 g/mol. The van der Waals surface area contributed by atoms with Gasteiger partial charge in [-0.1, -0.05) is 13.8 Å². The van der Waals surface area contributed by atoms with Crippen molar-refractivity contribution in [3.8, 4) is 0 Å². The van der Waals surface area contributed by atoms with Crippen molar-refractivity contribution in [2.45, 2.75) is 59.0 Å². The summed E-state index contributed by atoms with van der Waals surface area (Å²) in [6, 6.07) is 0.757. The Bertz CT molecular complexity index is 230. The molecule has 3 heteroatoms. The van der Waals surface area contributed by atoms with Gasteiger partial charge in [0.1, 0.15) is 0 Å². The number of hydrogen-bond acceptors (Lipinski definition) is 2. The van der Waals surface area contributed by atoms with Gasteiger partial charge in [-0.3, -0.25) is 4.79 Å². The third-order valence-corrected chi connectivity index (χ3v) is 3.82. The first-order valence-corrected chi connectivity index (χ1v) is 6.51. The van der Waals surface area contributed by atoms with E-state index in [1.807, 2.05) is 0 Å². The predicted molar refractivity (Wildman–Crippen MR) is 67.0 cm³/mol. The molecule has 3 unspecified atom stereocenters. The third-order valence-electron chi connectivity index (χ3n) is 3.82. The summed E-state index contributed by atoms with van der Waals surface area (Å²) in [5.74, 6) is 0.582. The van der Waals surface area contributed by atoms with Crippen LogP contribution in [0.3, 0.4) is 0 Å². The number of carbonyl (C=O) groups excluding carboxylic acids is 1. The van der Waals surface area contributed by atoms with E-state index in [1.54, 1.807) is 0 Å². The highest BCUT2D eigenvalue weighted by atomic mass is 16.2. The summed E-state index contributed by atoms with van der Waals surface area (Å²) in [5.41, 5.74) is 5.72. The van der Waals surface area contributed by atoms with Gasteiger partial charge in [0, 0.05) is 18.6 Å². The van der Waals surface area contributed by atoms with Gasteiger partial charge in [-0.05, 0) is 39.0 Å². The molecule has 1 heterocycles. The van der Waals surface area contributed by atoms with Crippen molar-refractivity contribution >= 4 is 5.91 Å². The molecule has 1 amide bonds. The maximum atomic E-state index is 12.4. The molecule has 0 spiro atoms. The van der Waals surface area contributed by atoms with Crippen LogP contribution in [0.1, 0.15) is 47.0 Å². The summed E-state index contributed by atoms with van der Waals surface area (Å²) in [7, 11) is 0. The van der Waals surface area contributed by atoms with Crippen molar-refractivity contribution in [2.24, 2.45) is 17.6 Å². The summed E-state index contributed by atoms with van der Waals surface area (Å²) in [5, 5.41) is 0. The lowest BCUT2D eigenvalue weighted by molar-refractivity contribution is -0.142. The van der Waals surface area contributed by atoms with Gasteiger partial charge in [0.2, 0.25) is 5.91 Å². The molecule has 0 bridgehead atoms. The van der Waals surface area contributed by atoms with Crippen LogP contribution in [0.5, 0.6) is 0 Å². The Hall–Kier alpha value is -0.570. The zero-order chi connectivity index (χ0) is 12.3. The van der Waals surface area contributed by atoms with Crippen LogP contribution < -0.4 is 5.73 Å². The molecule has 0 saturated carbocycles. The van der Waals surface area contributed by atoms with Crippen molar-refractivity contribution in [3.63, 3.8) is 0 Å². The van der Waals surface area contributed by atoms with Gasteiger partial charge < -0.3 is 10.6 Å². The van der Waals surface area contributed by atoms with Gasteiger partial charge in [-0.15, -0.1) is 0 Å². The fourth-order valence-electron chi connectivity index (χ4n) is 2.71. The fourth-order valence-corrected chi connectivity index (χ4v) is 2.71. The molecule has 0 aromatic heterocycles. The van der Waals surface area contributed by atoms with Crippen LogP contribution >= 0.6 is 0 Å². The first kappa shape index (κ1) is 13.5. The molecule has 0 aromatic rings. The van der Waals surface area contributed by atoms with Crippen LogP contribution in [-0.4, -0.2) is 29.4 Å². The zero-order valence-corrected chi connectivity index (χ0v) is 11.1. The number of amides is 1. The van der Waals surface area contributed by atoms with E-state index >= 15 is 0 Å². The van der Waals surface area contributed by atoms with Crippen molar-refractivity contribution in [3.05, 3.63) is 0 Å². The number of rotatable bonds is 3. The lowest BCUT2D eigenvalue weighted by atomic mass is 9.90. The van der Waals surface area contributed by atoms with Crippen LogP contribution in [-0.2, 0) is 4.79 Å². The van der Waals surface area contributed by atoms with Gasteiger partial charge in [0.15, 0.2) is 0 Å². The summed E-state index contributed by atoms with van der Waals surface area (Å²) >= 11 is 0. The lowest BCUT2D eigenvalue weighted by Gasteiger charge is -2.41. The predicted octanol–water partition coefficient (Wildman–Crippen LogP) is 2.01. The number of piperidine rings is 1. The zero-order valence-electron chi connectivity index (χ0n) is 11.1. The molecular formula is C13H26N2O. The molecule has 1 aliphatic rings. The number of nitrogens with zero attached hydrogens (tertiary/aromatic N) is 1. The summed E-state index contributed by atoms with van der Waals surface area (Å²) < 4.78 is 0. The number of nitrogens with two attached hydrogens (primary N) is 1. The molecule has 1 saturated heterocycles. The van der Waals surface area contributed by atoms with E-state index in [9.17, 15) is 4.79 Å². The second-order valence-electron chi connectivity index (χ2n) is 5.46. The van der Waals surface area contributed by atoms with Crippen molar-refractivity contribution in [1.29, 1.82) is 0 Å². The largest absolute Gasteiger partial charge is 0.337 e. The average Bonchev–Trinajstić information content (AvgIpc) is 2.17. The maximum absolute atomic E-state index is 12.4. The van der Waals surface area contributed by atoms with E-state index < -0.39 is 0 Å². The van der Waals surface area contributed by atoms with Gasteiger partial charge in [0.25, 0.3) is 0 Å². The van der Waals surface area contributed by atoms with E-state index in [4.69, 9.17) is 5.73 Å². The van der Waals surface area contributed by atoms with Crippen LogP contribution in [0.15, 0.2) is 0 Å². The Balaban J connectivity index is 2.76. The highest BCUT2D eigenvalue weighted by Crippen LogP contribution is 2.26. The second kappa shape index (κ2) is 5.67. The first-order valence-electron chi connectivity index (χ1n) is 6.51. The molecule has 16 heavy (non-hydrogen) atoms. The molecule has 1 aliphatic heterocycles. The van der Waals surface area contributed by atoms with Crippen molar-refractivity contribution in [1.82, 2.24) is 4.90 Å². The normalized spacial score (nSPS) is 28.2. The van der Waals surface area contributed by atoms with E-state index in [0.29, 0.717) is 24.5 Å². The Morgan fingerprint density at radius 2 is 1.81 bits per heavy atom. The highest BCUT2D eigenvalue weighted by Gasteiger charge is 2.33. The Morgan fingerprint density at radius 3 is 2.19 bits per heavy atom. The van der Waals surface area contributed by atoms with Gasteiger partial charge in [0.05, 0.1) is 5.92 Å². The molecule has 0 aromatic carbocycles. The summed E-state index contributed by atoms with van der Waals surface area (Å²) in [4.78, 5) is 14.5. The third kappa shape index (κ3) is 2.76. The Labute approximate surface area is 99.4 Å². The number of carbonyl (C=O) groups is 1. The number of likely N-dealkylation sites (tertiary alicyclic amines) is 1. The average molecular weight is 226 g/mol. The SMILES string of the molecule is CC(C)C(CN)C(=O)N1C(C)CCCC1C. The lowest BCUT2D eigenvalue weighted by Crippen LogP contribution is -2.51. The molecule has 3 nitrogen and oxygen atoms in total. The van der Waals surface area contributed by atoms with Crippen molar-refractivity contribution in [2.75, 3.05) is 6.54 Å². The highest BCUT2D eigenvalue weighted by molar-refractivity contribution is 5.80. The molecular weight excluding hydrogens is 200 g/mol. The molecule has 0 aliphatic carbocycles. The molecule has 0 radical (unpaired) electrons. The van der Waals surface area contributed by atoms with E-state index in [1.165, 1.54) is 6.42 Å². The van der Waals surface area contributed by atoms with Crippen LogP contribution in [0, 0.1) is 11.8 Å². The van der Waals surface area contributed by atoms with Crippen LogP contribution in [0.2, 0.25) is 0 Å². The summed E-state index contributed by atoms with van der Waals surface area (Å²) in [6.07, 6.45) is 3.50. The minimum Gasteiger partial charge on any atom is -0.337 e. The molecule has 94 valence electrons. The fraction of sp³-hybridized carbons (Fsp3) is 0.923. The smallest absolute Gasteiger partial charge is 0.227 e. The van der Waals surface area contributed by atoms with Crippen molar-refractivity contribution < 1.29 is 4.79 Å². The van der Waals surface area contributed by atoms with E-state index in [0.717, 1.165) is 12.8 Å². The molecule has 1 fully saturated rings. The van der Waals surface area contributed by atoms with Crippen LogP contribution in [0.4, 0.5) is 0 Å². The quantitative estimate of drug-likeness (QED) is 0.800. The second-order valence-corrected chi connectivity index (χ2v) is 5.46. The first-order chi connectivity index (χ1) is 7.49. The van der Waals surface area contributed by atoms with Gasteiger partial charge >= 0.3 is 0 Å². The minimum absolute atomic E-state index is 0.0111. The van der Waals surface area contributed by atoms with E-state index in [-0.39, 0.29) is 11.8 Å². The molecule has 3 atom stereocenters. The Kier molecular flexibility index (Phi) is 4.78. The number of hydrogen-bond donors (Lipinski definition) is 1. The molecule has 1 rings (SSSR count).